The fourth-order valence-electron chi connectivity index (χ4n) is 2.13. The maximum absolute atomic E-state index is 5.64. The quantitative estimate of drug-likeness (QED) is 0.189. The van der Waals surface area contributed by atoms with Crippen molar-refractivity contribution in [1.29, 1.82) is 0 Å². The summed E-state index contributed by atoms with van der Waals surface area (Å²) in [5, 5.41) is 0. The molecular formula is C19H29ClO2. The first-order chi connectivity index (χ1) is 10.9. The number of unbranched alkanes of at least 4 members (excludes halogenated alkanes) is 5. The summed E-state index contributed by atoms with van der Waals surface area (Å²) < 4.78 is 10.9. The van der Waals surface area contributed by atoms with E-state index >= 15 is 0 Å². The van der Waals surface area contributed by atoms with Crippen LogP contribution in [0.5, 0.6) is 0 Å². The zero-order valence-electron chi connectivity index (χ0n) is 13.5. The molecule has 1 aromatic rings. The van der Waals surface area contributed by atoms with Crippen LogP contribution in [0.1, 0.15) is 50.5 Å². The minimum Gasteiger partial charge on any atom is -0.355 e. The van der Waals surface area contributed by atoms with E-state index in [9.17, 15) is 0 Å². The highest BCUT2D eigenvalue weighted by molar-refractivity contribution is 6.17. The van der Waals surface area contributed by atoms with Crippen molar-refractivity contribution in [2.75, 3.05) is 19.3 Å². The average Bonchev–Trinajstić information content (AvgIpc) is 2.56. The van der Waals surface area contributed by atoms with Crippen molar-refractivity contribution >= 4 is 11.6 Å². The molecule has 3 heteroatoms. The first-order valence-electron chi connectivity index (χ1n) is 8.34. The van der Waals surface area contributed by atoms with E-state index in [0.717, 1.165) is 25.3 Å². The van der Waals surface area contributed by atoms with Gasteiger partial charge in [-0.3, -0.25) is 0 Å². The van der Waals surface area contributed by atoms with Gasteiger partial charge in [0.25, 0.3) is 0 Å². The van der Waals surface area contributed by atoms with Crippen LogP contribution in [-0.4, -0.2) is 19.3 Å². The third-order valence-electron chi connectivity index (χ3n) is 3.38. The highest BCUT2D eigenvalue weighted by Crippen LogP contribution is 2.06. The second-order valence-corrected chi connectivity index (χ2v) is 5.74. The number of rotatable bonds is 14. The molecule has 1 rings (SSSR count). The van der Waals surface area contributed by atoms with Crippen molar-refractivity contribution in [3.63, 3.8) is 0 Å². The molecule has 0 amide bonds. The lowest BCUT2D eigenvalue weighted by molar-refractivity contribution is -0.0600. The summed E-state index contributed by atoms with van der Waals surface area (Å²) in [5.41, 5.74) is 1.18. The molecule has 0 aliphatic carbocycles. The van der Waals surface area contributed by atoms with Crippen LogP contribution in [0.4, 0.5) is 0 Å². The number of hydrogen-bond donors (Lipinski definition) is 0. The van der Waals surface area contributed by atoms with Gasteiger partial charge in [0, 0.05) is 5.88 Å². The second kappa shape index (κ2) is 15.1. The van der Waals surface area contributed by atoms with Crippen LogP contribution in [0, 0.1) is 0 Å². The second-order valence-electron chi connectivity index (χ2n) is 5.37. The molecule has 0 saturated heterocycles. The van der Waals surface area contributed by atoms with Gasteiger partial charge in [0.1, 0.15) is 6.79 Å². The monoisotopic (exact) mass is 324 g/mol. The predicted octanol–water partition coefficient (Wildman–Crippen LogP) is 5.70. The van der Waals surface area contributed by atoms with Crippen LogP contribution in [0.25, 0.3) is 0 Å². The Bertz CT molecular complexity index is 365. The lowest BCUT2D eigenvalue weighted by Crippen LogP contribution is -2.01. The Balaban J connectivity index is 1.80. The Labute approximate surface area is 140 Å². The molecule has 0 N–H and O–H groups in total. The molecule has 2 nitrogen and oxygen atoms in total. The molecule has 0 radical (unpaired) electrons. The van der Waals surface area contributed by atoms with Gasteiger partial charge in [-0.05, 0) is 31.2 Å². The molecule has 0 spiro atoms. The van der Waals surface area contributed by atoms with E-state index in [1.54, 1.807) is 0 Å². The van der Waals surface area contributed by atoms with E-state index in [1.165, 1.54) is 37.7 Å². The Kier molecular flexibility index (Phi) is 13.2. The molecule has 0 fully saturated rings. The first kappa shape index (κ1) is 19.2. The lowest BCUT2D eigenvalue weighted by Gasteiger charge is -2.04. The molecule has 0 aromatic heterocycles. The van der Waals surface area contributed by atoms with Gasteiger partial charge in [0.15, 0.2) is 0 Å². The van der Waals surface area contributed by atoms with Crippen molar-refractivity contribution in [2.24, 2.45) is 0 Å². The number of alkyl halides is 1. The summed E-state index contributed by atoms with van der Waals surface area (Å²) in [7, 11) is 0. The SMILES string of the molecule is ClCCCCCCC/C=C\CCOCOCc1ccccc1. The number of ether oxygens (including phenoxy) is 2. The molecular weight excluding hydrogens is 296 g/mol. The maximum atomic E-state index is 5.64. The molecule has 0 atom stereocenters. The fraction of sp³-hybridized carbons (Fsp3) is 0.579. The predicted molar refractivity (Wildman–Crippen MR) is 94.2 cm³/mol. The highest BCUT2D eigenvalue weighted by Gasteiger charge is 1.92. The average molecular weight is 325 g/mol. The zero-order chi connectivity index (χ0) is 15.7. The molecule has 0 heterocycles. The van der Waals surface area contributed by atoms with Gasteiger partial charge in [-0.1, -0.05) is 61.7 Å². The third kappa shape index (κ3) is 11.8. The Morgan fingerprint density at radius 2 is 1.55 bits per heavy atom. The third-order valence-corrected chi connectivity index (χ3v) is 3.65. The van der Waals surface area contributed by atoms with Gasteiger partial charge < -0.3 is 9.47 Å². The molecule has 0 saturated carbocycles. The summed E-state index contributed by atoms with van der Waals surface area (Å²) >= 11 is 5.64. The highest BCUT2D eigenvalue weighted by atomic mass is 35.5. The normalized spacial score (nSPS) is 11.3. The standard InChI is InChI=1S/C19H29ClO2/c20-15-11-6-4-2-1-3-5-7-12-16-21-18-22-17-19-13-9-8-10-14-19/h5,7-10,13-14H,1-4,6,11-12,15-18H2/b7-5-. The molecule has 0 unspecified atom stereocenters. The molecule has 124 valence electrons. The zero-order valence-corrected chi connectivity index (χ0v) is 14.3. The Hall–Kier alpha value is -0.830. The maximum Gasteiger partial charge on any atom is 0.147 e. The topological polar surface area (TPSA) is 18.5 Å². The van der Waals surface area contributed by atoms with Gasteiger partial charge in [-0.2, -0.15) is 0 Å². The fourth-order valence-corrected chi connectivity index (χ4v) is 2.31. The van der Waals surface area contributed by atoms with E-state index in [0.29, 0.717) is 13.4 Å². The summed E-state index contributed by atoms with van der Waals surface area (Å²) in [6.07, 6.45) is 12.9. The van der Waals surface area contributed by atoms with Crippen molar-refractivity contribution < 1.29 is 9.47 Å². The number of benzene rings is 1. The summed E-state index contributed by atoms with van der Waals surface area (Å²) in [6, 6.07) is 10.1. The van der Waals surface area contributed by atoms with Crippen LogP contribution in [0.3, 0.4) is 0 Å². The van der Waals surface area contributed by atoms with Crippen LogP contribution in [0.2, 0.25) is 0 Å². The van der Waals surface area contributed by atoms with Gasteiger partial charge in [-0.25, -0.2) is 0 Å². The molecule has 0 aliphatic rings. The number of halogens is 1. The van der Waals surface area contributed by atoms with Crippen LogP contribution in [0.15, 0.2) is 42.5 Å². The van der Waals surface area contributed by atoms with E-state index in [2.05, 4.69) is 24.3 Å². The number of hydrogen-bond acceptors (Lipinski definition) is 2. The van der Waals surface area contributed by atoms with Gasteiger partial charge in [-0.15, -0.1) is 11.6 Å². The minimum atomic E-state index is 0.364. The summed E-state index contributed by atoms with van der Waals surface area (Å²) in [6.45, 7) is 1.70. The minimum absolute atomic E-state index is 0.364. The summed E-state index contributed by atoms with van der Waals surface area (Å²) in [5.74, 6) is 0.801. The van der Waals surface area contributed by atoms with Crippen LogP contribution >= 0.6 is 11.6 Å². The first-order valence-corrected chi connectivity index (χ1v) is 8.87. The Morgan fingerprint density at radius 3 is 2.36 bits per heavy atom. The molecule has 1 aromatic carbocycles. The molecule has 0 bridgehead atoms. The smallest absolute Gasteiger partial charge is 0.147 e. The van der Waals surface area contributed by atoms with Crippen molar-refractivity contribution in [3.8, 4) is 0 Å². The van der Waals surface area contributed by atoms with Crippen molar-refractivity contribution in [2.45, 2.75) is 51.6 Å². The van der Waals surface area contributed by atoms with E-state index in [-0.39, 0.29) is 0 Å². The van der Waals surface area contributed by atoms with E-state index in [4.69, 9.17) is 21.1 Å². The van der Waals surface area contributed by atoms with Crippen LogP contribution < -0.4 is 0 Å². The van der Waals surface area contributed by atoms with E-state index in [1.807, 2.05) is 18.2 Å². The number of allylic oxidation sites excluding steroid dienone is 1. The van der Waals surface area contributed by atoms with Gasteiger partial charge in [0.2, 0.25) is 0 Å². The largest absolute Gasteiger partial charge is 0.355 e. The Morgan fingerprint density at radius 1 is 0.818 bits per heavy atom. The van der Waals surface area contributed by atoms with Gasteiger partial charge >= 0.3 is 0 Å². The molecule has 22 heavy (non-hydrogen) atoms. The molecule has 0 aliphatic heterocycles. The van der Waals surface area contributed by atoms with Crippen molar-refractivity contribution in [1.82, 2.24) is 0 Å². The van der Waals surface area contributed by atoms with Crippen LogP contribution in [-0.2, 0) is 16.1 Å². The van der Waals surface area contributed by atoms with E-state index < -0.39 is 0 Å². The lowest BCUT2D eigenvalue weighted by atomic mass is 10.1. The van der Waals surface area contributed by atoms with Gasteiger partial charge in [0.05, 0.1) is 13.2 Å². The van der Waals surface area contributed by atoms with Crippen molar-refractivity contribution in [3.05, 3.63) is 48.0 Å². The summed E-state index contributed by atoms with van der Waals surface area (Å²) in [4.78, 5) is 0.